The molecular formula is C6H6F3N3. The highest BCUT2D eigenvalue weighted by molar-refractivity contribution is 5.31. The lowest BCUT2D eigenvalue weighted by Gasteiger charge is -2.02. The fourth-order valence-corrected chi connectivity index (χ4v) is 0.612. The van der Waals surface area contributed by atoms with Gasteiger partial charge in [-0.05, 0) is 0 Å². The first-order valence-corrected chi connectivity index (χ1v) is 3.18. The van der Waals surface area contributed by atoms with E-state index in [0.29, 0.717) is 0 Å². The molecule has 0 unspecified atom stereocenters. The van der Waals surface area contributed by atoms with Crippen LogP contribution in [0.5, 0.6) is 0 Å². The van der Waals surface area contributed by atoms with Crippen molar-refractivity contribution < 1.29 is 13.2 Å². The quantitative estimate of drug-likeness (QED) is 0.707. The Kier molecular flexibility index (Phi) is 2.84. The average molecular weight is 177 g/mol. The number of anilines is 1. The van der Waals surface area contributed by atoms with Gasteiger partial charge >= 0.3 is 0 Å². The maximum absolute atomic E-state index is 12.3. The zero-order valence-corrected chi connectivity index (χ0v) is 5.97. The lowest BCUT2D eigenvalue weighted by atomic mass is 10.5. The Labute approximate surface area is 66.6 Å². The van der Waals surface area contributed by atoms with Crippen LogP contribution in [0.3, 0.4) is 0 Å². The highest BCUT2D eigenvalue weighted by Crippen LogP contribution is 2.02. The fraction of sp³-hybridized carbons (Fsp3) is 0.333. The second kappa shape index (κ2) is 3.89. The Bertz CT molecular complexity index is 254. The number of halogens is 3. The molecule has 12 heavy (non-hydrogen) atoms. The molecule has 0 aliphatic rings. The Morgan fingerprint density at radius 3 is 2.75 bits per heavy atom. The van der Waals surface area contributed by atoms with Gasteiger partial charge in [-0.15, -0.1) is 0 Å². The molecule has 0 atom stereocenters. The van der Waals surface area contributed by atoms with Crippen LogP contribution in [-0.4, -0.2) is 22.9 Å². The largest absolute Gasteiger partial charge is 0.364 e. The molecule has 0 aliphatic heterocycles. The van der Waals surface area contributed by atoms with Crippen LogP contribution < -0.4 is 5.32 Å². The van der Waals surface area contributed by atoms with Crippen LogP contribution in [0.15, 0.2) is 12.4 Å². The van der Waals surface area contributed by atoms with Crippen molar-refractivity contribution in [3.05, 3.63) is 18.3 Å². The van der Waals surface area contributed by atoms with Crippen LogP contribution in [0, 0.1) is 5.95 Å². The molecular weight excluding hydrogens is 171 g/mol. The molecule has 1 N–H and O–H groups in total. The maximum atomic E-state index is 12.3. The van der Waals surface area contributed by atoms with E-state index in [1.54, 1.807) is 0 Å². The maximum Gasteiger partial charge on any atom is 0.255 e. The lowest BCUT2D eigenvalue weighted by Crippen LogP contribution is -2.11. The highest BCUT2D eigenvalue weighted by atomic mass is 19.3. The number of aromatic nitrogens is 2. The van der Waals surface area contributed by atoms with E-state index >= 15 is 0 Å². The molecule has 0 aliphatic carbocycles. The first kappa shape index (κ1) is 8.76. The summed E-state index contributed by atoms with van der Waals surface area (Å²) in [5, 5.41) is 2.24. The Morgan fingerprint density at radius 2 is 2.17 bits per heavy atom. The number of nitrogens with one attached hydrogen (secondary N) is 1. The topological polar surface area (TPSA) is 37.8 Å². The van der Waals surface area contributed by atoms with Gasteiger partial charge in [0, 0.05) is 6.07 Å². The van der Waals surface area contributed by atoms with Crippen molar-refractivity contribution in [3.8, 4) is 0 Å². The second-order valence-electron chi connectivity index (χ2n) is 2.00. The summed E-state index contributed by atoms with van der Waals surface area (Å²) in [6, 6.07) is 0.947. The molecule has 66 valence electrons. The molecule has 0 bridgehead atoms. The van der Waals surface area contributed by atoms with Crippen LogP contribution in [0.1, 0.15) is 0 Å². The van der Waals surface area contributed by atoms with Crippen molar-refractivity contribution in [2.75, 3.05) is 11.9 Å². The summed E-state index contributed by atoms with van der Waals surface area (Å²) in [5.74, 6) is -0.690. The van der Waals surface area contributed by atoms with Crippen molar-refractivity contribution in [1.82, 2.24) is 9.97 Å². The molecule has 0 amide bonds. The molecule has 0 radical (unpaired) electrons. The minimum absolute atomic E-state index is 0.0581. The van der Waals surface area contributed by atoms with Gasteiger partial charge in [-0.3, -0.25) is 0 Å². The average Bonchev–Trinajstić information content (AvgIpc) is 2.01. The fourth-order valence-electron chi connectivity index (χ4n) is 0.612. The summed E-state index contributed by atoms with van der Waals surface area (Å²) in [6.07, 6.45) is -1.52. The van der Waals surface area contributed by atoms with Gasteiger partial charge in [-0.1, -0.05) is 0 Å². The normalized spacial score (nSPS) is 10.3. The Hall–Kier alpha value is -1.33. The van der Waals surface area contributed by atoms with Gasteiger partial charge < -0.3 is 5.32 Å². The molecule has 0 saturated heterocycles. The van der Waals surface area contributed by atoms with Crippen LogP contribution in [0.4, 0.5) is 19.0 Å². The first-order chi connectivity index (χ1) is 5.68. The van der Waals surface area contributed by atoms with Crippen molar-refractivity contribution in [2.24, 2.45) is 0 Å². The Balaban J connectivity index is 2.52. The van der Waals surface area contributed by atoms with Crippen molar-refractivity contribution in [2.45, 2.75) is 6.43 Å². The van der Waals surface area contributed by atoms with Crippen LogP contribution in [0.2, 0.25) is 0 Å². The minimum atomic E-state index is -2.48. The van der Waals surface area contributed by atoms with E-state index in [1.165, 1.54) is 0 Å². The summed E-state index contributed by atoms with van der Waals surface area (Å²) in [4.78, 5) is 6.68. The van der Waals surface area contributed by atoms with E-state index in [2.05, 4.69) is 15.3 Å². The van der Waals surface area contributed by atoms with Crippen LogP contribution in [-0.2, 0) is 0 Å². The van der Waals surface area contributed by atoms with E-state index in [1.807, 2.05) is 0 Å². The molecule has 0 fully saturated rings. The van der Waals surface area contributed by atoms with Crippen LogP contribution in [0.25, 0.3) is 0 Å². The Morgan fingerprint density at radius 1 is 1.42 bits per heavy atom. The molecule has 0 aromatic carbocycles. The predicted octanol–water partition coefficient (Wildman–Crippen LogP) is 1.29. The third-order valence-corrected chi connectivity index (χ3v) is 1.07. The van der Waals surface area contributed by atoms with Crippen molar-refractivity contribution in [3.63, 3.8) is 0 Å². The zero-order valence-electron chi connectivity index (χ0n) is 5.97. The van der Waals surface area contributed by atoms with Crippen molar-refractivity contribution >= 4 is 5.82 Å². The summed E-state index contributed by atoms with van der Waals surface area (Å²) < 4.78 is 35.6. The van der Waals surface area contributed by atoms with Gasteiger partial charge in [-0.25, -0.2) is 18.7 Å². The van der Waals surface area contributed by atoms with Gasteiger partial charge in [0.05, 0.1) is 6.54 Å². The van der Waals surface area contributed by atoms with Gasteiger partial charge in [0.25, 0.3) is 6.43 Å². The van der Waals surface area contributed by atoms with E-state index < -0.39 is 18.9 Å². The van der Waals surface area contributed by atoms with Crippen molar-refractivity contribution in [1.29, 1.82) is 0 Å². The lowest BCUT2D eigenvalue weighted by molar-refractivity contribution is 0.163. The van der Waals surface area contributed by atoms with Crippen LogP contribution >= 0.6 is 0 Å². The number of hydrogen-bond acceptors (Lipinski definition) is 3. The van der Waals surface area contributed by atoms with E-state index in [9.17, 15) is 13.2 Å². The van der Waals surface area contributed by atoms with Gasteiger partial charge in [0.1, 0.15) is 12.1 Å². The highest BCUT2D eigenvalue weighted by Gasteiger charge is 2.02. The first-order valence-electron chi connectivity index (χ1n) is 3.18. The number of alkyl halides is 2. The summed E-state index contributed by atoms with van der Waals surface area (Å²) >= 11 is 0. The van der Waals surface area contributed by atoms with Gasteiger partial charge in [0.15, 0.2) is 0 Å². The number of hydrogen-bond donors (Lipinski definition) is 1. The molecule has 1 aromatic heterocycles. The summed E-state index contributed by atoms with van der Waals surface area (Å²) in [6.45, 7) is -0.545. The molecule has 1 aromatic rings. The minimum Gasteiger partial charge on any atom is -0.364 e. The SMILES string of the molecule is Fc1cc(NCC(F)F)ncn1. The summed E-state index contributed by atoms with van der Waals surface area (Å²) in [7, 11) is 0. The molecule has 1 heterocycles. The molecule has 3 nitrogen and oxygen atoms in total. The monoisotopic (exact) mass is 177 g/mol. The predicted molar refractivity (Wildman–Crippen MR) is 36.5 cm³/mol. The van der Waals surface area contributed by atoms with Gasteiger partial charge in [0.2, 0.25) is 5.95 Å². The van der Waals surface area contributed by atoms with E-state index in [0.717, 1.165) is 12.4 Å². The smallest absolute Gasteiger partial charge is 0.255 e. The number of nitrogens with zero attached hydrogens (tertiary/aromatic N) is 2. The number of rotatable bonds is 3. The summed E-state index contributed by atoms with van der Waals surface area (Å²) in [5.41, 5.74) is 0. The second-order valence-corrected chi connectivity index (χ2v) is 2.00. The zero-order chi connectivity index (χ0) is 8.97. The molecule has 6 heteroatoms. The standard InChI is InChI=1S/C6H6F3N3/c7-4(8)2-10-6-1-5(9)11-3-12-6/h1,3-4H,2H2,(H,10,11,12). The third kappa shape index (κ3) is 2.73. The molecule has 0 spiro atoms. The van der Waals surface area contributed by atoms with E-state index in [-0.39, 0.29) is 5.82 Å². The van der Waals surface area contributed by atoms with E-state index in [4.69, 9.17) is 0 Å². The molecule has 1 rings (SSSR count). The van der Waals surface area contributed by atoms with Gasteiger partial charge in [-0.2, -0.15) is 4.39 Å². The molecule has 0 saturated carbocycles. The third-order valence-electron chi connectivity index (χ3n) is 1.07.